The standard InChI is InChI=1S/C17H17FN4S.C3H8/c1-2-12-3-7-14(8-4-12)16-20-21-17(22(16)19)23-11-13-5-9-15(18)10-6-13;1-3-2/h3-10H,2,11,19H2,1H3;3H2,1-2H3. The van der Waals surface area contributed by atoms with Crippen LogP contribution in [0.1, 0.15) is 38.3 Å². The summed E-state index contributed by atoms with van der Waals surface area (Å²) in [5.74, 6) is 7.16. The first-order valence-electron chi connectivity index (χ1n) is 8.76. The van der Waals surface area contributed by atoms with Gasteiger partial charge in [0.25, 0.3) is 0 Å². The Labute approximate surface area is 158 Å². The van der Waals surface area contributed by atoms with Gasteiger partial charge in [0.05, 0.1) is 0 Å². The van der Waals surface area contributed by atoms with Gasteiger partial charge in [0.2, 0.25) is 5.16 Å². The van der Waals surface area contributed by atoms with Crippen LogP contribution in [-0.4, -0.2) is 14.9 Å². The first-order chi connectivity index (χ1) is 12.6. The molecule has 0 amide bonds. The number of hydrogen-bond donors (Lipinski definition) is 1. The molecule has 138 valence electrons. The van der Waals surface area contributed by atoms with Gasteiger partial charge in [-0.05, 0) is 29.7 Å². The van der Waals surface area contributed by atoms with Crippen LogP contribution in [0.5, 0.6) is 0 Å². The summed E-state index contributed by atoms with van der Waals surface area (Å²) in [7, 11) is 0. The molecule has 2 aromatic carbocycles. The van der Waals surface area contributed by atoms with Crippen molar-refractivity contribution in [2.75, 3.05) is 5.84 Å². The van der Waals surface area contributed by atoms with Crippen LogP contribution in [0, 0.1) is 5.82 Å². The van der Waals surface area contributed by atoms with Crippen molar-refractivity contribution in [2.45, 2.75) is 44.5 Å². The van der Waals surface area contributed by atoms with Gasteiger partial charge in [-0.15, -0.1) is 10.2 Å². The fourth-order valence-electron chi connectivity index (χ4n) is 2.19. The summed E-state index contributed by atoms with van der Waals surface area (Å²) < 4.78 is 14.4. The van der Waals surface area contributed by atoms with Gasteiger partial charge in [0.1, 0.15) is 5.82 Å². The topological polar surface area (TPSA) is 56.7 Å². The van der Waals surface area contributed by atoms with E-state index in [1.54, 1.807) is 12.1 Å². The molecule has 2 N–H and O–H groups in total. The Hall–Kier alpha value is -2.34. The summed E-state index contributed by atoms with van der Waals surface area (Å²) in [6, 6.07) is 14.5. The van der Waals surface area contributed by atoms with Crippen molar-refractivity contribution < 1.29 is 4.39 Å². The molecule has 0 aliphatic rings. The predicted molar refractivity (Wildman–Crippen MR) is 107 cm³/mol. The highest BCUT2D eigenvalue weighted by atomic mass is 32.2. The summed E-state index contributed by atoms with van der Waals surface area (Å²) in [5.41, 5.74) is 3.21. The maximum atomic E-state index is 12.9. The van der Waals surface area contributed by atoms with Crippen LogP contribution >= 0.6 is 11.8 Å². The monoisotopic (exact) mass is 372 g/mol. The van der Waals surface area contributed by atoms with Crippen LogP contribution in [-0.2, 0) is 12.2 Å². The van der Waals surface area contributed by atoms with Crippen molar-refractivity contribution in [3.05, 3.63) is 65.5 Å². The third-order valence-corrected chi connectivity index (χ3v) is 4.58. The van der Waals surface area contributed by atoms with E-state index in [0.29, 0.717) is 16.7 Å². The third-order valence-electron chi connectivity index (χ3n) is 3.57. The zero-order chi connectivity index (χ0) is 18.9. The van der Waals surface area contributed by atoms with E-state index < -0.39 is 0 Å². The Morgan fingerprint density at radius 3 is 2.08 bits per heavy atom. The lowest BCUT2D eigenvalue weighted by Gasteiger charge is -2.05. The lowest BCUT2D eigenvalue weighted by atomic mass is 10.1. The van der Waals surface area contributed by atoms with Crippen LogP contribution in [0.3, 0.4) is 0 Å². The second-order valence-corrected chi connectivity index (χ2v) is 6.79. The van der Waals surface area contributed by atoms with Crippen LogP contribution in [0.2, 0.25) is 0 Å². The number of halogens is 1. The average molecular weight is 373 g/mol. The smallest absolute Gasteiger partial charge is 0.210 e. The van der Waals surface area contributed by atoms with Crippen molar-refractivity contribution in [3.8, 4) is 11.4 Å². The molecule has 0 saturated carbocycles. The van der Waals surface area contributed by atoms with Crippen molar-refractivity contribution in [3.63, 3.8) is 0 Å². The molecule has 0 aliphatic heterocycles. The van der Waals surface area contributed by atoms with E-state index in [1.165, 1.54) is 40.6 Å². The van der Waals surface area contributed by atoms with E-state index in [-0.39, 0.29) is 5.82 Å². The molecule has 3 aromatic rings. The summed E-state index contributed by atoms with van der Waals surface area (Å²) in [6.07, 6.45) is 2.24. The Morgan fingerprint density at radius 2 is 1.50 bits per heavy atom. The average Bonchev–Trinajstić information content (AvgIpc) is 3.02. The fraction of sp³-hybridized carbons (Fsp3) is 0.300. The highest BCUT2D eigenvalue weighted by molar-refractivity contribution is 7.98. The molecule has 3 rings (SSSR count). The van der Waals surface area contributed by atoms with E-state index in [2.05, 4.69) is 43.1 Å². The molecule has 0 aliphatic carbocycles. The number of nitrogens with zero attached hydrogens (tertiary/aromatic N) is 3. The maximum Gasteiger partial charge on any atom is 0.210 e. The molecule has 0 saturated heterocycles. The molecule has 6 heteroatoms. The second kappa shape index (κ2) is 9.97. The lowest BCUT2D eigenvalue weighted by molar-refractivity contribution is 0.627. The third kappa shape index (κ3) is 5.33. The van der Waals surface area contributed by atoms with Gasteiger partial charge in [0, 0.05) is 11.3 Å². The lowest BCUT2D eigenvalue weighted by Crippen LogP contribution is -2.11. The van der Waals surface area contributed by atoms with Crippen LogP contribution in [0.15, 0.2) is 53.7 Å². The molecular formula is C20H25FN4S. The molecule has 26 heavy (non-hydrogen) atoms. The first kappa shape index (κ1) is 20.0. The number of rotatable bonds is 5. The minimum atomic E-state index is -0.237. The maximum absolute atomic E-state index is 12.9. The Morgan fingerprint density at radius 1 is 0.923 bits per heavy atom. The van der Waals surface area contributed by atoms with E-state index in [1.807, 2.05) is 12.1 Å². The number of nitrogens with two attached hydrogens (primary N) is 1. The fourth-order valence-corrected chi connectivity index (χ4v) is 3.00. The quantitative estimate of drug-likeness (QED) is 0.502. The minimum absolute atomic E-state index is 0.237. The molecule has 0 fully saturated rings. The minimum Gasteiger partial charge on any atom is -0.335 e. The summed E-state index contributed by atoms with van der Waals surface area (Å²) in [5, 5.41) is 8.95. The van der Waals surface area contributed by atoms with Crippen molar-refractivity contribution in [1.29, 1.82) is 0 Å². The number of aromatic nitrogens is 3. The molecule has 0 unspecified atom stereocenters. The van der Waals surface area contributed by atoms with Crippen molar-refractivity contribution in [1.82, 2.24) is 14.9 Å². The van der Waals surface area contributed by atoms with Gasteiger partial charge in [0.15, 0.2) is 5.82 Å². The number of nitrogen functional groups attached to an aromatic ring is 1. The number of hydrogen-bond acceptors (Lipinski definition) is 4. The molecule has 0 bridgehead atoms. The Bertz CT molecular complexity index is 798. The largest absolute Gasteiger partial charge is 0.335 e. The van der Waals surface area contributed by atoms with Crippen LogP contribution in [0.25, 0.3) is 11.4 Å². The number of aryl methyl sites for hydroxylation is 1. The zero-order valence-electron chi connectivity index (χ0n) is 15.4. The van der Waals surface area contributed by atoms with Crippen molar-refractivity contribution in [2.24, 2.45) is 0 Å². The van der Waals surface area contributed by atoms with E-state index in [0.717, 1.165) is 17.5 Å². The molecule has 1 heterocycles. The van der Waals surface area contributed by atoms with E-state index in [4.69, 9.17) is 5.84 Å². The normalized spacial score (nSPS) is 10.3. The van der Waals surface area contributed by atoms with Gasteiger partial charge >= 0.3 is 0 Å². The summed E-state index contributed by atoms with van der Waals surface area (Å²) >= 11 is 1.47. The highest BCUT2D eigenvalue weighted by Crippen LogP contribution is 2.24. The zero-order valence-corrected chi connectivity index (χ0v) is 16.3. The van der Waals surface area contributed by atoms with Crippen LogP contribution in [0.4, 0.5) is 4.39 Å². The molecule has 0 spiro atoms. The Kier molecular flexibility index (Phi) is 7.66. The van der Waals surface area contributed by atoms with Crippen LogP contribution < -0.4 is 5.84 Å². The predicted octanol–water partition coefficient (Wildman–Crippen LogP) is 5.07. The molecular weight excluding hydrogens is 347 g/mol. The first-order valence-corrected chi connectivity index (χ1v) is 9.74. The van der Waals surface area contributed by atoms with Gasteiger partial charge < -0.3 is 5.84 Å². The SMILES string of the molecule is CCC.CCc1ccc(-c2nnc(SCc3ccc(F)cc3)n2N)cc1. The Balaban J connectivity index is 0.000000758. The molecule has 0 atom stereocenters. The second-order valence-electron chi connectivity index (χ2n) is 5.85. The summed E-state index contributed by atoms with van der Waals surface area (Å²) in [6.45, 7) is 6.37. The van der Waals surface area contributed by atoms with E-state index in [9.17, 15) is 4.39 Å². The number of thioether (sulfide) groups is 1. The molecule has 1 aromatic heterocycles. The van der Waals surface area contributed by atoms with Crippen molar-refractivity contribution >= 4 is 11.8 Å². The highest BCUT2D eigenvalue weighted by Gasteiger charge is 2.12. The van der Waals surface area contributed by atoms with E-state index >= 15 is 0 Å². The van der Waals surface area contributed by atoms with Gasteiger partial charge in [-0.3, -0.25) is 0 Å². The summed E-state index contributed by atoms with van der Waals surface area (Å²) in [4.78, 5) is 0. The molecule has 4 nitrogen and oxygen atoms in total. The number of benzene rings is 2. The van der Waals surface area contributed by atoms with Gasteiger partial charge in [-0.2, -0.15) is 0 Å². The van der Waals surface area contributed by atoms with Gasteiger partial charge in [-0.1, -0.05) is 75.4 Å². The molecule has 0 radical (unpaired) electrons. The van der Waals surface area contributed by atoms with Gasteiger partial charge in [-0.25, -0.2) is 9.07 Å².